The Kier molecular flexibility index (Phi) is 4.60. The Morgan fingerprint density at radius 1 is 1.43 bits per heavy atom. The van der Waals surface area contributed by atoms with Gasteiger partial charge in [-0.05, 0) is 44.9 Å². The van der Waals surface area contributed by atoms with Crippen molar-refractivity contribution in [1.82, 2.24) is 9.88 Å². The smallest absolute Gasteiger partial charge is 0.239 e. The van der Waals surface area contributed by atoms with Gasteiger partial charge in [-0.15, -0.1) is 11.3 Å². The number of nitrogens with two attached hydrogens (primary N) is 1. The van der Waals surface area contributed by atoms with Crippen LogP contribution in [0.4, 0.5) is 0 Å². The van der Waals surface area contributed by atoms with Crippen LogP contribution in [0.5, 0.6) is 0 Å². The Labute approximate surface area is 130 Å². The molecule has 2 heterocycles. The highest BCUT2D eigenvalue weighted by molar-refractivity contribution is 7.11. The topological polar surface area (TPSA) is 59.2 Å². The van der Waals surface area contributed by atoms with E-state index in [9.17, 15) is 4.79 Å². The van der Waals surface area contributed by atoms with Crippen molar-refractivity contribution in [2.75, 3.05) is 13.1 Å². The number of aryl methyl sites for hydroxylation is 2. The van der Waals surface area contributed by atoms with Crippen LogP contribution in [0.15, 0.2) is 0 Å². The van der Waals surface area contributed by atoms with Gasteiger partial charge in [0.15, 0.2) is 0 Å². The second-order valence-corrected chi connectivity index (χ2v) is 7.38. The standard InChI is InChI=1S/C16H25N3OS/c1-2-12(17)16(20)19-9-5-6-11(10-19)15-18-13-7-3-4-8-14(13)21-15/h11-12H,2-10,17H2,1H3/t11-,12+/m0/s1. The van der Waals surface area contributed by atoms with Crippen molar-refractivity contribution in [3.63, 3.8) is 0 Å². The summed E-state index contributed by atoms with van der Waals surface area (Å²) < 4.78 is 0. The molecule has 1 aliphatic carbocycles. The first-order chi connectivity index (χ1) is 10.2. The van der Waals surface area contributed by atoms with Crippen molar-refractivity contribution in [1.29, 1.82) is 0 Å². The number of amides is 1. The lowest BCUT2D eigenvalue weighted by Gasteiger charge is -2.33. The predicted molar refractivity (Wildman–Crippen MR) is 85.6 cm³/mol. The number of nitrogens with zero attached hydrogens (tertiary/aromatic N) is 2. The summed E-state index contributed by atoms with van der Waals surface area (Å²) in [6, 6.07) is -0.340. The summed E-state index contributed by atoms with van der Waals surface area (Å²) >= 11 is 1.89. The molecule has 1 amide bonds. The van der Waals surface area contributed by atoms with Crippen LogP contribution in [-0.2, 0) is 17.6 Å². The van der Waals surface area contributed by atoms with Gasteiger partial charge in [0, 0.05) is 23.9 Å². The van der Waals surface area contributed by atoms with E-state index in [4.69, 9.17) is 10.7 Å². The van der Waals surface area contributed by atoms with Crippen LogP contribution in [-0.4, -0.2) is 34.9 Å². The Morgan fingerprint density at radius 3 is 3.00 bits per heavy atom. The number of aromatic nitrogens is 1. The molecule has 1 aliphatic heterocycles. The average molecular weight is 307 g/mol. The number of thiazole rings is 1. The summed E-state index contributed by atoms with van der Waals surface area (Å²) in [4.78, 5) is 20.6. The van der Waals surface area contributed by atoms with Crippen LogP contribution in [0.2, 0.25) is 0 Å². The minimum atomic E-state index is -0.340. The SMILES string of the molecule is CC[C@@H](N)C(=O)N1CCC[C@H](c2nc3c(s2)CCCC3)C1. The summed E-state index contributed by atoms with van der Waals surface area (Å²) in [5, 5.41) is 1.25. The molecule has 1 fully saturated rings. The third kappa shape index (κ3) is 3.14. The zero-order chi connectivity index (χ0) is 14.8. The second-order valence-electron chi connectivity index (χ2n) is 6.27. The third-order valence-corrected chi connectivity index (χ3v) is 6.02. The highest BCUT2D eigenvalue weighted by Crippen LogP contribution is 2.34. The molecule has 0 unspecified atom stereocenters. The molecular weight excluding hydrogens is 282 g/mol. The first kappa shape index (κ1) is 15.0. The maximum Gasteiger partial charge on any atom is 0.239 e. The molecule has 0 bridgehead atoms. The molecule has 0 spiro atoms. The summed E-state index contributed by atoms with van der Waals surface area (Å²) in [5.74, 6) is 0.533. The fourth-order valence-corrected chi connectivity index (χ4v) is 4.61. The summed E-state index contributed by atoms with van der Waals surface area (Å²) in [7, 11) is 0. The highest BCUT2D eigenvalue weighted by atomic mass is 32.1. The predicted octanol–water partition coefficient (Wildman–Crippen LogP) is 2.47. The molecule has 1 saturated heterocycles. The van der Waals surface area contributed by atoms with Crippen LogP contribution >= 0.6 is 11.3 Å². The monoisotopic (exact) mass is 307 g/mol. The molecule has 116 valence electrons. The Hall–Kier alpha value is -0.940. The van der Waals surface area contributed by atoms with Gasteiger partial charge in [-0.3, -0.25) is 4.79 Å². The largest absolute Gasteiger partial charge is 0.341 e. The van der Waals surface area contributed by atoms with Gasteiger partial charge in [0.2, 0.25) is 5.91 Å². The van der Waals surface area contributed by atoms with E-state index in [-0.39, 0.29) is 11.9 Å². The van der Waals surface area contributed by atoms with Crippen molar-refractivity contribution >= 4 is 17.2 Å². The van der Waals surface area contributed by atoms with E-state index >= 15 is 0 Å². The van der Waals surface area contributed by atoms with E-state index < -0.39 is 0 Å². The van der Waals surface area contributed by atoms with E-state index in [2.05, 4.69) is 0 Å². The number of carbonyl (C=O) groups excluding carboxylic acids is 1. The lowest BCUT2D eigenvalue weighted by atomic mass is 9.97. The van der Waals surface area contributed by atoms with Gasteiger partial charge in [-0.2, -0.15) is 0 Å². The number of piperidine rings is 1. The second kappa shape index (κ2) is 6.44. The molecule has 2 atom stereocenters. The molecule has 2 aliphatic rings. The molecule has 0 radical (unpaired) electrons. The molecule has 1 aromatic heterocycles. The van der Waals surface area contributed by atoms with Crippen molar-refractivity contribution < 1.29 is 4.79 Å². The maximum absolute atomic E-state index is 12.3. The van der Waals surface area contributed by atoms with Gasteiger partial charge >= 0.3 is 0 Å². The fourth-order valence-electron chi connectivity index (χ4n) is 3.33. The van der Waals surface area contributed by atoms with Gasteiger partial charge in [-0.25, -0.2) is 4.98 Å². The number of fused-ring (bicyclic) bond motifs is 1. The molecule has 3 rings (SSSR count). The quantitative estimate of drug-likeness (QED) is 0.933. The lowest BCUT2D eigenvalue weighted by molar-refractivity contribution is -0.133. The van der Waals surface area contributed by atoms with E-state index in [0.717, 1.165) is 32.4 Å². The van der Waals surface area contributed by atoms with Crippen LogP contribution in [0.25, 0.3) is 0 Å². The number of carbonyl (C=O) groups is 1. The normalized spacial score (nSPS) is 23.7. The van der Waals surface area contributed by atoms with E-state index in [1.54, 1.807) is 0 Å². The molecule has 0 saturated carbocycles. The molecular formula is C16H25N3OS. The first-order valence-electron chi connectivity index (χ1n) is 8.22. The molecule has 1 aromatic rings. The molecule has 4 nitrogen and oxygen atoms in total. The highest BCUT2D eigenvalue weighted by Gasteiger charge is 2.29. The van der Waals surface area contributed by atoms with Gasteiger partial charge in [-0.1, -0.05) is 6.92 Å². The van der Waals surface area contributed by atoms with Crippen LogP contribution < -0.4 is 5.73 Å². The number of hydrogen-bond donors (Lipinski definition) is 1. The van der Waals surface area contributed by atoms with E-state index in [1.807, 2.05) is 23.2 Å². The zero-order valence-corrected chi connectivity index (χ0v) is 13.6. The van der Waals surface area contributed by atoms with Gasteiger partial charge < -0.3 is 10.6 Å². The fraction of sp³-hybridized carbons (Fsp3) is 0.750. The summed E-state index contributed by atoms with van der Waals surface area (Å²) in [6.07, 6.45) is 7.84. The van der Waals surface area contributed by atoms with Crippen molar-refractivity contribution in [2.24, 2.45) is 5.73 Å². The van der Waals surface area contributed by atoms with Gasteiger partial charge in [0.05, 0.1) is 16.7 Å². The zero-order valence-electron chi connectivity index (χ0n) is 12.8. The third-order valence-electron chi connectivity index (χ3n) is 4.70. The maximum atomic E-state index is 12.3. The van der Waals surface area contributed by atoms with Gasteiger partial charge in [0.25, 0.3) is 0 Å². The number of hydrogen-bond acceptors (Lipinski definition) is 4. The molecule has 0 aromatic carbocycles. The number of rotatable bonds is 3. The minimum absolute atomic E-state index is 0.114. The Balaban J connectivity index is 1.71. The van der Waals surface area contributed by atoms with E-state index in [1.165, 1.54) is 34.8 Å². The minimum Gasteiger partial charge on any atom is -0.341 e. The Morgan fingerprint density at radius 2 is 2.24 bits per heavy atom. The lowest BCUT2D eigenvalue weighted by Crippen LogP contribution is -2.47. The molecule has 2 N–H and O–H groups in total. The number of likely N-dealkylation sites (tertiary alicyclic amines) is 1. The van der Waals surface area contributed by atoms with Crippen LogP contribution in [0, 0.1) is 0 Å². The van der Waals surface area contributed by atoms with Gasteiger partial charge in [0.1, 0.15) is 0 Å². The van der Waals surface area contributed by atoms with Crippen LogP contribution in [0.3, 0.4) is 0 Å². The van der Waals surface area contributed by atoms with Crippen LogP contribution in [0.1, 0.15) is 60.5 Å². The van der Waals surface area contributed by atoms with E-state index in [0.29, 0.717) is 12.3 Å². The molecule has 5 heteroatoms. The van der Waals surface area contributed by atoms with Crippen molar-refractivity contribution in [3.05, 3.63) is 15.6 Å². The molecule has 21 heavy (non-hydrogen) atoms. The summed E-state index contributed by atoms with van der Waals surface area (Å²) in [5.41, 5.74) is 7.24. The van der Waals surface area contributed by atoms with Crippen molar-refractivity contribution in [2.45, 2.75) is 63.8 Å². The first-order valence-corrected chi connectivity index (χ1v) is 9.03. The van der Waals surface area contributed by atoms with Crippen molar-refractivity contribution in [3.8, 4) is 0 Å². The summed E-state index contributed by atoms with van der Waals surface area (Å²) in [6.45, 7) is 3.63. The Bertz CT molecular complexity index is 490. The average Bonchev–Trinajstić information content (AvgIpc) is 2.97.